The molecule has 0 spiro atoms. The fourth-order valence-electron chi connectivity index (χ4n) is 3.93. The number of likely N-dealkylation sites (tertiary alicyclic amines) is 1. The molecule has 0 bridgehead atoms. The van der Waals surface area contributed by atoms with Crippen LogP contribution in [0.3, 0.4) is 0 Å². The van der Waals surface area contributed by atoms with Gasteiger partial charge in [0.05, 0.1) is 27.8 Å². The Bertz CT molecular complexity index is 1280. The SMILES string of the molecule is Cc1c(C(=O)N2CCC(Oc3nc4c(F)cc(F)cc4s3)CC2)cnn1-c1ccccc1. The van der Waals surface area contributed by atoms with E-state index in [0.717, 1.165) is 28.8 Å². The van der Waals surface area contributed by atoms with Crippen LogP contribution < -0.4 is 4.74 Å². The quantitative estimate of drug-likeness (QED) is 0.446. The smallest absolute Gasteiger partial charge is 0.274 e. The molecule has 0 aliphatic carbocycles. The van der Waals surface area contributed by atoms with Crippen LogP contribution in [-0.4, -0.2) is 44.8 Å². The summed E-state index contributed by atoms with van der Waals surface area (Å²) in [5.74, 6) is -1.39. The van der Waals surface area contributed by atoms with E-state index in [-0.39, 0.29) is 17.5 Å². The number of aromatic nitrogens is 3. The van der Waals surface area contributed by atoms with Crippen LogP contribution in [0.2, 0.25) is 0 Å². The van der Waals surface area contributed by atoms with Gasteiger partial charge >= 0.3 is 0 Å². The number of benzene rings is 2. The summed E-state index contributed by atoms with van der Waals surface area (Å²) in [4.78, 5) is 19.0. The van der Waals surface area contributed by atoms with E-state index in [1.807, 2.05) is 37.3 Å². The van der Waals surface area contributed by atoms with Gasteiger partial charge < -0.3 is 9.64 Å². The Balaban J connectivity index is 1.24. The number of halogens is 2. The summed E-state index contributed by atoms with van der Waals surface area (Å²) < 4.78 is 35.4. The monoisotopic (exact) mass is 454 g/mol. The number of para-hydroxylation sites is 1. The van der Waals surface area contributed by atoms with E-state index in [1.165, 1.54) is 6.07 Å². The third kappa shape index (κ3) is 3.84. The molecule has 1 aliphatic heterocycles. The molecule has 0 radical (unpaired) electrons. The van der Waals surface area contributed by atoms with Gasteiger partial charge in [-0.05, 0) is 25.1 Å². The Morgan fingerprint density at radius 1 is 1.16 bits per heavy atom. The molecule has 1 fully saturated rings. The van der Waals surface area contributed by atoms with Crippen LogP contribution in [0.5, 0.6) is 5.19 Å². The van der Waals surface area contributed by atoms with Crippen LogP contribution in [0.1, 0.15) is 28.9 Å². The first kappa shape index (κ1) is 20.6. The highest BCUT2D eigenvalue weighted by Gasteiger charge is 2.27. The predicted octanol–water partition coefficient (Wildman–Crippen LogP) is 4.75. The lowest BCUT2D eigenvalue weighted by atomic mass is 10.1. The van der Waals surface area contributed by atoms with Crippen molar-refractivity contribution in [1.29, 1.82) is 0 Å². The van der Waals surface area contributed by atoms with Gasteiger partial charge in [0, 0.05) is 32.0 Å². The number of fused-ring (bicyclic) bond motifs is 1. The molecule has 2 aromatic heterocycles. The van der Waals surface area contributed by atoms with E-state index in [9.17, 15) is 13.6 Å². The lowest BCUT2D eigenvalue weighted by Crippen LogP contribution is -2.41. The third-order valence-electron chi connectivity index (χ3n) is 5.63. The van der Waals surface area contributed by atoms with Crippen LogP contribution in [0.25, 0.3) is 15.9 Å². The van der Waals surface area contributed by atoms with Gasteiger partial charge in [-0.3, -0.25) is 4.79 Å². The molecule has 0 N–H and O–H groups in total. The summed E-state index contributed by atoms with van der Waals surface area (Å²) in [6, 6.07) is 11.8. The van der Waals surface area contributed by atoms with E-state index in [4.69, 9.17) is 4.74 Å². The Labute approximate surface area is 187 Å². The highest BCUT2D eigenvalue weighted by molar-refractivity contribution is 7.20. The summed E-state index contributed by atoms with van der Waals surface area (Å²) in [5, 5.41) is 4.70. The molecule has 9 heteroatoms. The number of ether oxygens (including phenoxy) is 1. The number of amides is 1. The van der Waals surface area contributed by atoms with E-state index in [2.05, 4.69) is 10.1 Å². The molecule has 0 saturated carbocycles. The van der Waals surface area contributed by atoms with Crippen molar-refractivity contribution >= 4 is 27.5 Å². The highest BCUT2D eigenvalue weighted by atomic mass is 32.1. The minimum atomic E-state index is -0.696. The Morgan fingerprint density at radius 2 is 1.91 bits per heavy atom. The van der Waals surface area contributed by atoms with Crippen molar-refractivity contribution in [2.24, 2.45) is 0 Å². The second-order valence-corrected chi connectivity index (χ2v) is 8.71. The maximum absolute atomic E-state index is 13.9. The number of rotatable bonds is 4. The molecule has 0 unspecified atom stereocenters. The van der Waals surface area contributed by atoms with Crippen LogP contribution in [0, 0.1) is 18.6 Å². The standard InChI is InChI=1S/C23H20F2N4O2S/c1-14-18(13-26-29(14)16-5-3-2-4-6-16)22(30)28-9-7-17(8-10-28)31-23-27-21-19(25)11-15(24)12-20(21)32-23/h2-6,11-13,17H,7-10H2,1H3. The molecule has 1 aliphatic rings. The molecule has 1 amide bonds. The molecule has 2 aromatic carbocycles. The average Bonchev–Trinajstić information content (AvgIpc) is 3.37. The summed E-state index contributed by atoms with van der Waals surface area (Å²) >= 11 is 1.12. The number of hydrogen-bond donors (Lipinski definition) is 0. The summed E-state index contributed by atoms with van der Waals surface area (Å²) in [6.45, 7) is 2.96. The van der Waals surface area contributed by atoms with Crippen LogP contribution >= 0.6 is 11.3 Å². The predicted molar refractivity (Wildman–Crippen MR) is 117 cm³/mol. The molecule has 6 nitrogen and oxygen atoms in total. The first-order valence-corrected chi connectivity index (χ1v) is 11.1. The van der Waals surface area contributed by atoms with Gasteiger partial charge in [-0.25, -0.2) is 13.5 Å². The number of hydrogen-bond acceptors (Lipinski definition) is 5. The van der Waals surface area contributed by atoms with Crippen molar-refractivity contribution < 1.29 is 18.3 Å². The molecule has 5 rings (SSSR count). The number of carbonyl (C=O) groups is 1. The van der Waals surface area contributed by atoms with Gasteiger partial charge in [0.1, 0.15) is 17.4 Å². The van der Waals surface area contributed by atoms with Gasteiger partial charge in [0.15, 0.2) is 5.82 Å². The summed E-state index contributed by atoms with van der Waals surface area (Å²) in [5.41, 5.74) is 2.40. The zero-order chi connectivity index (χ0) is 22.2. The fraction of sp³-hybridized carbons (Fsp3) is 0.261. The minimum absolute atomic E-state index is 0.0549. The van der Waals surface area contributed by atoms with Gasteiger partial charge in [-0.15, -0.1) is 0 Å². The zero-order valence-electron chi connectivity index (χ0n) is 17.3. The van der Waals surface area contributed by atoms with Crippen LogP contribution in [-0.2, 0) is 0 Å². The molecular weight excluding hydrogens is 434 g/mol. The molecular formula is C23H20F2N4O2S. The Morgan fingerprint density at radius 3 is 2.66 bits per heavy atom. The minimum Gasteiger partial charge on any atom is -0.467 e. The number of piperidine rings is 1. The van der Waals surface area contributed by atoms with Gasteiger partial charge in [0.25, 0.3) is 11.1 Å². The second kappa shape index (κ2) is 8.31. The number of thiazole rings is 1. The van der Waals surface area contributed by atoms with Crippen molar-refractivity contribution in [2.45, 2.75) is 25.9 Å². The van der Waals surface area contributed by atoms with E-state index >= 15 is 0 Å². The van der Waals surface area contributed by atoms with Crippen molar-refractivity contribution in [3.8, 4) is 10.9 Å². The zero-order valence-corrected chi connectivity index (χ0v) is 18.1. The van der Waals surface area contributed by atoms with Crippen molar-refractivity contribution in [2.75, 3.05) is 13.1 Å². The van der Waals surface area contributed by atoms with Crippen LogP contribution in [0.15, 0.2) is 48.7 Å². The molecule has 0 atom stereocenters. The lowest BCUT2D eigenvalue weighted by Gasteiger charge is -2.31. The van der Waals surface area contributed by atoms with Crippen molar-refractivity contribution in [1.82, 2.24) is 19.7 Å². The van der Waals surface area contributed by atoms with E-state index < -0.39 is 11.6 Å². The maximum atomic E-state index is 13.9. The molecule has 4 aromatic rings. The van der Waals surface area contributed by atoms with Crippen molar-refractivity contribution in [3.63, 3.8) is 0 Å². The third-order valence-corrected chi connectivity index (χ3v) is 6.52. The maximum Gasteiger partial charge on any atom is 0.274 e. The van der Waals surface area contributed by atoms with Crippen LogP contribution in [0.4, 0.5) is 8.78 Å². The Hall–Kier alpha value is -3.33. The highest BCUT2D eigenvalue weighted by Crippen LogP contribution is 2.32. The van der Waals surface area contributed by atoms with Gasteiger partial charge in [-0.2, -0.15) is 10.1 Å². The molecule has 3 heterocycles. The average molecular weight is 455 g/mol. The first-order chi connectivity index (χ1) is 15.5. The normalized spacial score (nSPS) is 14.8. The largest absolute Gasteiger partial charge is 0.467 e. The van der Waals surface area contributed by atoms with Crippen molar-refractivity contribution in [3.05, 3.63) is 71.6 Å². The second-order valence-electron chi connectivity index (χ2n) is 7.71. The number of carbonyl (C=O) groups excluding carboxylic acids is 1. The van der Waals surface area contributed by atoms with E-state index in [0.29, 0.717) is 41.4 Å². The molecule has 32 heavy (non-hydrogen) atoms. The summed E-state index contributed by atoms with van der Waals surface area (Å²) in [6.07, 6.45) is 2.73. The number of nitrogens with zero attached hydrogens (tertiary/aromatic N) is 4. The molecule has 1 saturated heterocycles. The lowest BCUT2D eigenvalue weighted by molar-refractivity contribution is 0.0595. The topological polar surface area (TPSA) is 60.3 Å². The van der Waals surface area contributed by atoms with Gasteiger partial charge in [-0.1, -0.05) is 29.5 Å². The van der Waals surface area contributed by atoms with Gasteiger partial charge in [0.2, 0.25) is 0 Å². The van der Waals surface area contributed by atoms with E-state index in [1.54, 1.807) is 15.8 Å². The Kier molecular flexibility index (Phi) is 5.34. The fourth-order valence-corrected chi connectivity index (χ4v) is 4.85. The summed E-state index contributed by atoms with van der Waals surface area (Å²) in [7, 11) is 0. The molecule has 164 valence electrons. The first-order valence-electron chi connectivity index (χ1n) is 10.3.